The van der Waals surface area contributed by atoms with Crippen molar-refractivity contribution < 1.29 is 13.5 Å². The van der Waals surface area contributed by atoms with Crippen molar-refractivity contribution in [1.82, 2.24) is 14.9 Å². The van der Waals surface area contributed by atoms with Gasteiger partial charge in [-0.3, -0.25) is 14.3 Å². The van der Waals surface area contributed by atoms with E-state index in [2.05, 4.69) is 21.8 Å². The zero-order chi connectivity index (χ0) is 26.8. The molecule has 0 bridgehead atoms. The number of pyridine rings is 2. The number of alkyl halides is 1. The number of halogens is 4. The molecule has 2 aromatic heterocycles. The Balaban J connectivity index is 1.52. The summed E-state index contributed by atoms with van der Waals surface area (Å²) in [6.07, 6.45) is 2.78. The average Bonchev–Trinajstić information content (AvgIpc) is 2.93. The largest absolute Gasteiger partial charge is 0.481 e. The van der Waals surface area contributed by atoms with Gasteiger partial charge >= 0.3 is 0 Å². The lowest BCUT2D eigenvalue weighted by atomic mass is 9.94. The summed E-state index contributed by atoms with van der Waals surface area (Å²) in [6.45, 7) is 5.40. The van der Waals surface area contributed by atoms with Crippen LogP contribution in [0.2, 0.25) is 10.0 Å². The molecule has 0 saturated heterocycles. The van der Waals surface area contributed by atoms with Crippen molar-refractivity contribution in [3.8, 4) is 39.5 Å². The highest BCUT2D eigenvalue weighted by Gasteiger charge is 2.23. The van der Waals surface area contributed by atoms with Gasteiger partial charge in [-0.2, -0.15) is 0 Å². The number of aromatic nitrogens is 2. The third kappa shape index (κ3) is 5.13. The summed E-state index contributed by atoms with van der Waals surface area (Å²) in [5.41, 5.74) is 6.09. The van der Waals surface area contributed by atoms with Gasteiger partial charge in [-0.15, -0.1) is 0 Å². The molecular weight excluding hydrogens is 527 g/mol. The molecule has 0 unspecified atom stereocenters. The summed E-state index contributed by atoms with van der Waals surface area (Å²) in [7, 11) is 1.55. The number of ether oxygens (including phenoxy) is 1. The predicted molar refractivity (Wildman–Crippen MR) is 149 cm³/mol. The van der Waals surface area contributed by atoms with Crippen LogP contribution in [0, 0.1) is 12.7 Å². The topological polar surface area (TPSA) is 38.2 Å². The maximum Gasteiger partial charge on any atom is 0.216 e. The first-order chi connectivity index (χ1) is 18.4. The maximum absolute atomic E-state index is 15.2. The van der Waals surface area contributed by atoms with Crippen LogP contribution in [-0.2, 0) is 13.0 Å². The summed E-state index contributed by atoms with van der Waals surface area (Å²) in [5.74, 6) is 0.118. The smallest absolute Gasteiger partial charge is 0.216 e. The highest BCUT2D eigenvalue weighted by atomic mass is 35.5. The fraction of sp³-hybridized carbons (Fsp3) is 0.233. The van der Waals surface area contributed by atoms with Crippen molar-refractivity contribution in [2.45, 2.75) is 19.4 Å². The zero-order valence-corrected chi connectivity index (χ0v) is 22.4. The Morgan fingerprint density at radius 2 is 1.84 bits per heavy atom. The highest BCUT2D eigenvalue weighted by Crippen LogP contribution is 2.42. The van der Waals surface area contributed by atoms with Crippen LogP contribution >= 0.6 is 23.2 Å². The molecule has 0 amide bonds. The molecule has 0 saturated carbocycles. The molecule has 0 atom stereocenters. The van der Waals surface area contributed by atoms with Crippen molar-refractivity contribution in [2.75, 3.05) is 26.9 Å². The van der Waals surface area contributed by atoms with Gasteiger partial charge < -0.3 is 4.74 Å². The quantitative estimate of drug-likeness (QED) is 0.234. The summed E-state index contributed by atoms with van der Waals surface area (Å²) < 4.78 is 33.2. The molecule has 1 aliphatic rings. The van der Waals surface area contributed by atoms with Crippen molar-refractivity contribution in [3.05, 3.63) is 94.2 Å². The lowest BCUT2D eigenvalue weighted by Gasteiger charge is -2.29. The monoisotopic (exact) mass is 552 g/mol. The summed E-state index contributed by atoms with van der Waals surface area (Å²) in [5, 5.41) is 0.854. The van der Waals surface area contributed by atoms with E-state index < -0.39 is 0 Å². The van der Waals surface area contributed by atoms with Crippen molar-refractivity contribution in [2.24, 2.45) is 0 Å². The minimum Gasteiger partial charge on any atom is -0.481 e. The molecule has 0 spiro atoms. The SMILES string of the molecule is [CH2]c1ccc(-c2cccc(-c3ccnc(-c4cc(F)c5c(c4)CCN(CCCF)C5)c3Cl)c2Cl)nc1OC. The molecule has 38 heavy (non-hydrogen) atoms. The van der Waals surface area contributed by atoms with Gasteiger partial charge in [-0.05, 0) is 49.6 Å². The standard InChI is InChI=1S/C30H26Cl2F2N3O/c1-18-7-8-26(36-30(18)38-2)23-6-3-5-21(27(23)31)22-9-12-35-29(28(22)32)20-15-19-10-14-37(13-4-11-33)17-24(19)25(34)16-20/h3,5-9,12,15-16H,1,4,10-11,13-14,17H2,2H3. The lowest BCUT2D eigenvalue weighted by Crippen LogP contribution is -2.32. The van der Waals surface area contributed by atoms with Crippen LogP contribution in [0.4, 0.5) is 8.78 Å². The van der Waals surface area contributed by atoms with Crippen LogP contribution in [0.3, 0.4) is 0 Å². The first kappa shape index (κ1) is 26.5. The van der Waals surface area contributed by atoms with Gasteiger partial charge in [0.15, 0.2) is 0 Å². The van der Waals surface area contributed by atoms with Crippen molar-refractivity contribution >= 4 is 23.2 Å². The fourth-order valence-electron chi connectivity index (χ4n) is 4.87. The molecule has 0 aliphatic carbocycles. The molecular formula is C30H26Cl2F2N3O. The van der Waals surface area contributed by atoms with E-state index in [0.29, 0.717) is 86.6 Å². The number of methoxy groups -OCH3 is 1. The van der Waals surface area contributed by atoms with E-state index >= 15 is 4.39 Å². The Bertz CT molecular complexity index is 1500. The van der Waals surface area contributed by atoms with E-state index in [4.69, 9.17) is 27.9 Å². The average molecular weight is 553 g/mol. The number of hydrogen-bond donors (Lipinski definition) is 0. The highest BCUT2D eigenvalue weighted by molar-refractivity contribution is 6.39. The van der Waals surface area contributed by atoms with E-state index in [1.807, 2.05) is 36.4 Å². The normalized spacial score (nSPS) is 13.4. The minimum atomic E-state index is -0.370. The third-order valence-corrected chi connectivity index (χ3v) is 7.62. The molecule has 4 nitrogen and oxygen atoms in total. The Labute approximate surface area is 231 Å². The second kappa shape index (κ2) is 11.4. The second-order valence-corrected chi connectivity index (χ2v) is 9.97. The molecule has 0 N–H and O–H groups in total. The number of fused-ring (bicyclic) bond motifs is 1. The summed E-state index contributed by atoms with van der Waals surface area (Å²) >= 11 is 13.8. The molecule has 5 rings (SSSR count). The van der Waals surface area contributed by atoms with E-state index in [1.54, 1.807) is 19.4 Å². The van der Waals surface area contributed by atoms with Gasteiger partial charge in [-0.1, -0.05) is 47.5 Å². The number of rotatable bonds is 7. The number of nitrogens with zero attached hydrogens (tertiary/aromatic N) is 3. The van der Waals surface area contributed by atoms with Crippen LogP contribution in [-0.4, -0.2) is 41.7 Å². The molecule has 1 radical (unpaired) electrons. The minimum absolute atomic E-state index is 0.306. The van der Waals surface area contributed by atoms with Gasteiger partial charge in [0.25, 0.3) is 0 Å². The molecule has 8 heteroatoms. The van der Waals surface area contributed by atoms with Crippen LogP contribution in [0.25, 0.3) is 33.6 Å². The summed E-state index contributed by atoms with van der Waals surface area (Å²) in [6, 6.07) is 14.5. The van der Waals surface area contributed by atoms with Gasteiger partial charge in [0.05, 0.1) is 35.2 Å². The van der Waals surface area contributed by atoms with E-state index in [-0.39, 0.29) is 12.5 Å². The van der Waals surface area contributed by atoms with Crippen molar-refractivity contribution in [3.63, 3.8) is 0 Å². The van der Waals surface area contributed by atoms with Crippen LogP contribution in [0.1, 0.15) is 23.1 Å². The zero-order valence-electron chi connectivity index (χ0n) is 20.9. The van der Waals surface area contributed by atoms with E-state index in [0.717, 1.165) is 12.1 Å². The fourth-order valence-corrected chi connectivity index (χ4v) is 5.52. The van der Waals surface area contributed by atoms with Gasteiger partial charge in [0.2, 0.25) is 5.88 Å². The van der Waals surface area contributed by atoms with Crippen LogP contribution in [0.15, 0.2) is 54.7 Å². The van der Waals surface area contributed by atoms with E-state index in [9.17, 15) is 4.39 Å². The molecule has 0 fully saturated rings. The molecule has 4 aromatic rings. The molecule has 2 aromatic carbocycles. The molecule has 3 heterocycles. The first-order valence-electron chi connectivity index (χ1n) is 12.3. The Hall–Kier alpha value is -3.06. The number of hydrogen-bond acceptors (Lipinski definition) is 4. The van der Waals surface area contributed by atoms with Gasteiger partial charge in [0, 0.05) is 59.2 Å². The van der Waals surface area contributed by atoms with Crippen LogP contribution < -0.4 is 4.74 Å². The Morgan fingerprint density at radius 3 is 2.63 bits per heavy atom. The molecule has 1 aliphatic heterocycles. The van der Waals surface area contributed by atoms with Crippen LogP contribution in [0.5, 0.6) is 5.88 Å². The number of benzene rings is 2. The predicted octanol–water partition coefficient (Wildman–Crippen LogP) is 7.83. The third-order valence-electron chi connectivity index (χ3n) is 6.83. The summed E-state index contributed by atoms with van der Waals surface area (Å²) in [4.78, 5) is 11.1. The Morgan fingerprint density at radius 1 is 1.05 bits per heavy atom. The first-order valence-corrected chi connectivity index (χ1v) is 13.1. The van der Waals surface area contributed by atoms with Crippen molar-refractivity contribution in [1.29, 1.82) is 0 Å². The maximum atomic E-state index is 15.2. The van der Waals surface area contributed by atoms with E-state index in [1.165, 1.54) is 6.07 Å². The van der Waals surface area contributed by atoms with Gasteiger partial charge in [-0.25, -0.2) is 9.37 Å². The molecule has 195 valence electrons. The Kier molecular flexibility index (Phi) is 7.93. The second-order valence-electron chi connectivity index (χ2n) is 9.22. The lowest BCUT2D eigenvalue weighted by molar-refractivity contribution is 0.237. The van der Waals surface area contributed by atoms with Gasteiger partial charge in [0.1, 0.15) is 5.82 Å².